The van der Waals surface area contributed by atoms with Gasteiger partial charge in [0.2, 0.25) is 5.91 Å². The topological polar surface area (TPSA) is 86.6 Å². The molecule has 4 fully saturated rings. The fraction of sp³-hybridized carbons (Fsp3) is 0.765. The second kappa shape index (κ2) is 11.5. The molecule has 1 aromatic rings. The Kier molecular flexibility index (Phi) is 8.48. The average molecular weight is 538 g/mol. The Hall–Kier alpha value is -1.88. The van der Waals surface area contributed by atoms with Gasteiger partial charge in [-0.3, -0.25) is 9.59 Å². The number of rotatable bonds is 9. The molecule has 4 aliphatic rings. The van der Waals surface area contributed by atoms with Crippen LogP contribution in [0, 0.1) is 46.3 Å². The maximum atomic E-state index is 13.0. The van der Waals surface area contributed by atoms with Crippen molar-refractivity contribution in [1.29, 1.82) is 0 Å². The molecule has 0 saturated heterocycles. The number of amides is 1. The molecule has 0 aromatic heterocycles. The van der Waals surface area contributed by atoms with Gasteiger partial charge in [0.1, 0.15) is 0 Å². The minimum Gasteiger partial charge on any atom is -0.481 e. The van der Waals surface area contributed by atoms with Crippen LogP contribution in [-0.2, 0) is 16.0 Å². The van der Waals surface area contributed by atoms with Crippen molar-refractivity contribution >= 4 is 11.9 Å². The quantitative estimate of drug-likeness (QED) is 0.330. The summed E-state index contributed by atoms with van der Waals surface area (Å²) in [5.41, 5.74) is 1.83. The van der Waals surface area contributed by atoms with Crippen molar-refractivity contribution in [3.8, 4) is 0 Å². The fourth-order valence-electron chi connectivity index (χ4n) is 10.4. The molecule has 5 heteroatoms. The van der Waals surface area contributed by atoms with Gasteiger partial charge in [-0.25, -0.2) is 0 Å². The third-order valence-corrected chi connectivity index (χ3v) is 12.3. The standard InChI is InChI=1S/C34H51NO4/c1-22(9-14-31(37)35-25(21-32(38)39)19-23-7-5-4-6-8-23)28-12-13-29-27-11-10-24-20-26(36)15-17-33(24,2)30(27)16-18-34(28,29)3/h4-8,22,24-30,36H,9-21H2,1-3H3,(H,35,37)(H,38,39)/t22-,24-,25+,26-,27+,28-,29+,30+,33+,34-/m1/s1. The van der Waals surface area contributed by atoms with E-state index >= 15 is 0 Å². The van der Waals surface area contributed by atoms with Gasteiger partial charge < -0.3 is 15.5 Å². The number of nitrogens with one attached hydrogen (secondary N) is 1. The summed E-state index contributed by atoms with van der Waals surface area (Å²) >= 11 is 0. The molecular weight excluding hydrogens is 486 g/mol. The third-order valence-electron chi connectivity index (χ3n) is 12.3. The van der Waals surface area contributed by atoms with Crippen LogP contribution in [-0.4, -0.2) is 34.2 Å². The number of benzene rings is 1. The highest BCUT2D eigenvalue weighted by Gasteiger charge is 2.60. The summed E-state index contributed by atoms with van der Waals surface area (Å²) in [4.78, 5) is 24.4. The van der Waals surface area contributed by atoms with E-state index < -0.39 is 5.97 Å². The van der Waals surface area contributed by atoms with E-state index in [9.17, 15) is 19.8 Å². The number of carboxylic acid groups (broad SMARTS) is 1. The van der Waals surface area contributed by atoms with Crippen LogP contribution in [0.4, 0.5) is 0 Å². The first-order chi connectivity index (χ1) is 18.6. The maximum Gasteiger partial charge on any atom is 0.305 e. The van der Waals surface area contributed by atoms with Gasteiger partial charge in [0.05, 0.1) is 12.5 Å². The lowest BCUT2D eigenvalue weighted by Crippen LogP contribution is -2.54. The molecule has 10 atom stereocenters. The predicted molar refractivity (Wildman–Crippen MR) is 154 cm³/mol. The highest BCUT2D eigenvalue weighted by molar-refractivity contribution is 5.77. The molecule has 0 unspecified atom stereocenters. The van der Waals surface area contributed by atoms with E-state index in [1.54, 1.807) is 0 Å². The first kappa shape index (κ1) is 28.6. The van der Waals surface area contributed by atoms with Crippen LogP contribution < -0.4 is 5.32 Å². The van der Waals surface area contributed by atoms with Gasteiger partial charge in [-0.05, 0) is 123 Å². The number of carbonyl (C=O) groups is 2. The normalized spacial score (nSPS) is 39.1. The molecule has 39 heavy (non-hydrogen) atoms. The lowest BCUT2D eigenvalue weighted by molar-refractivity contribution is -0.137. The van der Waals surface area contributed by atoms with Gasteiger partial charge in [0.25, 0.3) is 0 Å². The van der Waals surface area contributed by atoms with E-state index in [1.165, 1.54) is 44.9 Å². The molecule has 1 amide bonds. The van der Waals surface area contributed by atoms with Crippen molar-refractivity contribution in [1.82, 2.24) is 5.32 Å². The number of aliphatic carboxylic acids is 1. The molecule has 5 nitrogen and oxygen atoms in total. The molecule has 0 spiro atoms. The van der Waals surface area contributed by atoms with E-state index in [0.29, 0.717) is 41.4 Å². The van der Waals surface area contributed by atoms with Gasteiger partial charge in [0, 0.05) is 12.5 Å². The lowest BCUT2D eigenvalue weighted by atomic mass is 9.44. The van der Waals surface area contributed by atoms with Crippen LogP contribution in [0.2, 0.25) is 0 Å². The van der Waals surface area contributed by atoms with E-state index in [1.807, 2.05) is 30.3 Å². The van der Waals surface area contributed by atoms with Crippen LogP contribution in [0.1, 0.15) is 103 Å². The Balaban J connectivity index is 1.17. The number of carboxylic acids is 1. The zero-order valence-corrected chi connectivity index (χ0v) is 24.4. The largest absolute Gasteiger partial charge is 0.481 e. The Morgan fingerprint density at radius 1 is 0.974 bits per heavy atom. The minimum absolute atomic E-state index is 0.0156. The Bertz CT molecular complexity index is 1010. The maximum absolute atomic E-state index is 13.0. The molecule has 0 heterocycles. The summed E-state index contributed by atoms with van der Waals surface area (Å²) in [6.07, 6.45) is 12.8. The van der Waals surface area contributed by atoms with E-state index in [-0.39, 0.29) is 24.5 Å². The summed E-state index contributed by atoms with van der Waals surface area (Å²) in [6, 6.07) is 9.44. The SMILES string of the molecule is C[C@H](CCC(=O)N[C@H](CC(=O)O)Cc1ccccc1)[C@H]1CC[C@H]2[C@@H]3CC[C@@H]4C[C@H](O)CC[C@]4(C)[C@H]3CC[C@]12C. The highest BCUT2D eigenvalue weighted by atomic mass is 16.4. The molecule has 1 aromatic carbocycles. The van der Waals surface area contributed by atoms with Crippen molar-refractivity contribution < 1.29 is 19.8 Å². The predicted octanol–water partition coefficient (Wildman–Crippen LogP) is 6.62. The van der Waals surface area contributed by atoms with Crippen LogP contribution in [0.3, 0.4) is 0 Å². The van der Waals surface area contributed by atoms with Crippen molar-refractivity contribution in [2.75, 3.05) is 0 Å². The van der Waals surface area contributed by atoms with Crippen LogP contribution >= 0.6 is 0 Å². The third kappa shape index (κ3) is 5.80. The Morgan fingerprint density at radius 3 is 2.44 bits per heavy atom. The van der Waals surface area contributed by atoms with Gasteiger partial charge in [-0.2, -0.15) is 0 Å². The smallest absolute Gasteiger partial charge is 0.305 e. The van der Waals surface area contributed by atoms with Crippen LogP contribution in [0.5, 0.6) is 0 Å². The molecule has 0 radical (unpaired) electrons. The summed E-state index contributed by atoms with van der Waals surface area (Å²) in [5, 5.41) is 22.8. The summed E-state index contributed by atoms with van der Waals surface area (Å²) < 4.78 is 0. The van der Waals surface area contributed by atoms with E-state index in [2.05, 4.69) is 26.1 Å². The van der Waals surface area contributed by atoms with Gasteiger partial charge in [0.15, 0.2) is 0 Å². The van der Waals surface area contributed by atoms with Gasteiger partial charge in [-0.15, -0.1) is 0 Å². The average Bonchev–Trinajstić information content (AvgIpc) is 3.25. The zero-order valence-electron chi connectivity index (χ0n) is 24.4. The Labute approximate surface area is 235 Å². The number of aliphatic hydroxyl groups is 1. The van der Waals surface area contributed by atoms with Crippen molar-refractivity contribution in [2.45, 2.75) is 116 Å². The first-order valence-corrected chi connectivity index (χ1v) is 15.8. The molecule has 0 bridgehead atoms. The van der Waals surface area contributed by atoms with Gasteiger partial charge in [-0.1, -0.05) is 51.1 Å². The fourth-order valence-corrected chi connectivity index (χ4v) is 10.4. The minimum atomic E-state index is -0.877. The van der Waals surface area contributed by atoms with Crippen LogP contribution in [0.15, 0.2) is 30.3 Å². The molecule has 4 aliphatic carbocycles. The first-order valence-electron chi connectivity index (χ1n) is 15.8. The number of fused-ring (bicyclic) bond motifs is 5. The zero-order chi connectivity index (χ0) is 27.8. The summed E-state index contributed by atoms with van der Waals surface area (Å²) in [6.45, 7) is 7.49. The molecule has 3 N–H and O–H groups in total. The molecule has 0 aliphatic heterocycles. The second-order valence-corrected chi connectivity index (χ2v) is 14.4. The number of hydrogen-bond donors (Lipinski definition) is 3. The van der Waals surface area contributed by atoms with Crippen molar-refractivity contribution in [3.05, 3.63) is 35.9 Å². The number of carbonyl (C=O) groups excluding carboxylic acids is 1. The summed E-state index contributed by atoms with van der Waals surface area (Å²) in [5.74, 6) is 3.41. The van der Waals surface area contributed by atoms with Crippen LogP contribution in [0.25, 0.3) is 0 Å². The van der Waals surface area contributed by atoms with E-state index in [0.717, 1.165) is 42.6 Å². The van der Waals surface area contributed by atoms with Crippen molar-refractivity contribution in [2.24, 2.45) is 46.3 Å². The summed E-state index contributed by atoms with van der Waals surface area (Å²) in [7, 11) is 0. The monoisotopic (exact) mass is 537 g/mol. The van der Waals surface area contributed by atoms with E-state index in [4.69, 9.17) is 0 Å². The lowest BCUT2D eigenvalue weighted by Gasteiger charge is -2.61. The van der Waals surface area contributed by atoms with Gasteiger partial charge >= 0.3 is 5.97 Å². The second-order valence-electron chi connectivity index (χ2n) is 14.4. The Morgan fingerprint density at radius 2 is 1.69 bits per heavy atom. The molecular formula is C34H51NO4. The number of hydrogen-bond acceptors (Lipinski definition) is 3. The highest BCUT2D eigenvalue weighted by Crippen LogP contribution is 2.68. The molecule has 5 rings (SSSR count). The molecule has 4 saturated carbocycles. The number of aliphatic hydroxyl groups excluding tert-OH is 1. The molecule has 216 valence electrons. The van der Waals surface area contributed by atoms with Crippen molar-refractivity contribution in [3.63, 3.8) is 0 Å².